The molecule has 3 nitrogen and oxygen atoms in total. The van der Waals surface area contributed by atoms with E-state index in [0.717, 1.165) is 18.4 Å². The highest BCUT2D eigenvalue weighted by Gasteiger charge is 2.16. The molecule has 2 amide bonds. The zero-order valence-electron chi connectivity index (χ0n) is 11.5. The van der Waals surface area contributed by atoms with Crippen LogP contribution in [0.5, 0.6) is 0 Å². The fourth-order valence-corrected chi connectivity index (χ4v) is 1.75. The Morgan fingerprint density at radius 2 is 2.17 bits per heavy atom. The van der Waals surface area contributed by atoms with Gasteiger partial charge in [0.05, 0.1) is 5.69 Å². The van der Waals surface area contributed by atoms with Crippen molar-refractivity contribution in [1.29, 1.82) is 0 Å². The number of hydrogen-bond acceptors (Lipinski definition) is 1. The van der Waals surface area contributed by atoms with Crippen LogP contribution in [0.4, 0.5) is 14.9 Å². The van der Waals surface area contributed by atoms with Gasteiger partial charge in [0, 0.05) is 13.1 Å². The molecule has 1 aromatic carbocycles. The first-order chi connectivity index (χ1) is 8.45. The van der Waals surface area contributed by atoms with Gasteiger partial charge in [-0.05, 0) is 38.0 Å². The third-order valence-corrected chi connectivity index (χ3v) is 3.05. The summed E-state index contributed by atoms with van der Waals surface area (Å²) >= 11 is 0. The van der Waals surface area contributed by atoms with Crippen LogP contribution in [0.25, 0.3) is 0 Å². The molecule has 1 rings (SSSR count). The van der Waals surface area contributed by atoms with E-state index < -0.39 is 5.82 Å². The second-order valence-corrected chi connectivity index (χ2v) is 4.66. The molecule has 1 aromatic rings. The number of nitrogens with zero attached hydrogens (tertiary/aromatic N) is 1. The minimum absolute atomic E-state index is 0.142. The van der Waals surface area contributed by atoms with Gasteiger partial charge >= 0.3 is 6.03 Å². The number of hydrogen-bond donors (Lipinski definition) is 1. The number of carbonyl (C=O) groups excluding carboxylic acids is 1. The van der Waals surface area contributed by atoms with Crippen LogP contribution in [-0.2, 0) is 0 Å². The average molecular weight is 252 g/mol. The summed E-state index contributed by atoms with van der Waals surface area (Å²) in [6.45, 7) is 5.91. The fraction of sp³-hybridized carbons (Fsp3) is 0.500. The number of halogens is 1. The van der Waals surface area contributed by atoms with E-state index in [4.69, 9.17) is 0 Å². The largest absolute Gasteiger partial charge is 0.325 e. The number of carbonyl (C=O) groups is 1. The molecule has 0 fully saturated rings. The van der Waals surface area contributed by atoms with Gasteiger partial charge in [0.1, 0.15) is 5.82 Å². The maximum absolute atomic E-state index is 13.5. The molecule has 1 N–H and O–H groups in total. The fourth-order valence-electron chi connectivity index (χ4n) is 1.75. The van der Waals surface area contributed by atoms with Crippen molar-refractivity contribution in [3.8, 4) is 0 Å². The highest BCUT2D eigenvalue weighted by Crippen LogP contribution is 2.16. The molecule has 100 valence electrons. The van der Waals surface area contributed by atoms with Crippen LogP contribution in [0.1, 0.15) is 32.3 Å². The number of anilines is 1. The molecule has 0 spiro atoms. The van der Waals surface area contributed by atoms with E-state index in [2.05, 4.69) is 12.2 Å². The molecular weight excluding hydrogens is 231 g/mol. The van der Waals surface area contributed by atoms with Gasteiger partial charge in [-0.15, -0.1) is 0 Å². The van der Waals surface area contributed by atoms with Crippen LogP contribution >= 0.6 is 0 Å². The number of benzene rings is 1. The summed E-state index contributed by atoms with van der Waals surface area (Å²) < 4.78 is 13.5. The predicted octanol–water partition coefficient (Wildman–Crippen LogP) is 3.79. The molecule has 4 heteroatoms. The van der Waals surface area contributed by atoms with Crippen LogP contribution in [-0.4, -0.2) is 24.0 Å². The molecule has 1 unspecified atom stereocenters. The summed E-state index contributed by atoms with van der Waals surface area (Å²) in [6, 6.07) is 4.53. The predicted molar refractivity (Wildman–Crippen MR) is 72.3 cm³/mol. The van der Waals surface area contributed by atoms with Crippen molar-refractivity contribution in [3.05, 3.63) is 29.6 Å². The van der Waals surface area contributed by atoms with Crippen molar-refractivity contribution in [2.45, 2.75) is 39.7 Å². The van der Waals surface area contributed by atoms with Crippen LogP contribution in [0.2, 0.25) is 0 Å². The standard InChI is InChI=1S/C14H21FN2O/c1-5-6-11(3)17(4)14(18)16-13-9-10(2)7-8-12(13)15/h7-9,11H,5-6H2,1-4H3,(H,16,18). The zero-order valence-corrected chi connectivity index (χ0v) is 11.5. The zero-order chi connectivity index (χ0) is 13.7. The van der Waals surface area contributed by atoms with Gasteiger partial charge in [-0.1, -0.05) is 19.4 Å². The maximum Gasteiger partial charge on any atom is 0.321 e. The van der Waals surface area contributed by atoms with Gasteiger partial charge < -0.3 is 10.2 Å². The quantitative estimate of drug-likeness (QED) is 0.868. The maximum atomic E-state index is 13.5. The molecule has 1 atom stereocenters. The topological polar surface area (TPSA) is 32.3 Å². The third kappa shape index (κ3) is 3.72. The molecular formula is C14H21FN2O. The Morgan fingerprint density at radius 1 is 1.50 bits per heavy atom. The summed E-state index contributed by atoms with van der Waals surface area (Å²) in [5.41, 5.74) is 1.14. The summed E-state index contributed by atoms with van der Waals surface area (Å²) in [4.78, 5) is 13.5. The molecule has 0 radical (unpaired) electrons. The smallest absolute Gasteiger partial charge is 0.321 e. The highest BCUT2D eigenvalue weighted by atomic mass is 19.1. The number of aryl methyl sites for hydroxylation is 1. The first-order valence-electron chi connectivity index (χ1n) is 6.25. The minimum atomic E-state index is -0.412. The lowest BCUT2D eigenvalue weighted by atomic mass is 10.2. The lowest BCUT2D eigenvalue weighted by molar-refractivity contribution is 0.204. The normalized spacial score (nSPS) is 12.1. The molecule has 0 aromatic heterocycles. The van der Waals surface area contributed by atoms with E-state index in [1.807, 2.05) is 13.8 Å². The van der Waals surface area contributed by atoms with Crippen molar-refractivity contribution in [3.63, 3.8) is 0 Å². The van der Waals surface area contributed by atoms with Crippen molar-refractivity contribution >= 4 is 11.7 Å². The second-order valence-electron chi connectivity index (χ2n) is 4.66. The summed E-state index contributed by atoms with van der Waals surface area (Å²) in [6.07, 6.45) is 1.94. The van der Waals surface area contributed by atoms with Gasteiger partial charge in [0.15, 0.2) is 0 Å². The van der Waals surface area contributed by atoms with Crippen molar-refractivity contribution < 1.29 is 9.18 Å². The van der Waals surface area contributed by atoms with Crippen LogP contribution < -0.4 is 5.32 Å². The Kier molecular flexibility index (Phi) is 5.13. The van der Waals surface area contributed by atoms with Crippen molar-refractivity contribution in [1.82, 2.24) is 4.90 Å². The molecule has 0 heterocycles. The molecule has 0 aliphatic carbocycles. The minimum Gasteiger partial charge on any atom is -0.325 e. The van der Waals surface area contributed by atoms with Gasteiger partial charge in [0.25, 0.3) is 0 Å². The second kappa shape index (κ2) is 6.38. The lowest BCUT2D eigenvalue weighted by Crippen LogP contribution is -2.38. The number of rotatable bonds is 4. The van der Waals surface area contributed by atoms with E-state index in [1.54, 1.807) is 24.1 Å². The Bertz CT molecular complexity index is 420. The van der Waals surface area contributed by atoms with E-state index in [9.17, 15) is 9.18 Å². The van der Waals surface area contributed by atoms with Gasteiger partial charge in [-0.3, -0.25) is 0 Å². The Labute approximate surface area is 108 Å². The molecule has 0 aliphatic rings. The molecule has 0 bridgehead atoms. The lowest BCUT2D eigenvalue weighted by Gasteiger charge is -2.25. The number of nitrogens with one attached hydrogen (secondary N) is 1. The number of urea groups is 1. The SMILES string of the molecule is CCCC(C)N(C)C(=O)Nc1cc(C)ccc1F. The van der Waals surface area contributed by atoms with E-state index in [0.29, 0.717) is 0 Å². The third-order valence-electron chi connectivity index (χ3n) is 3.05. The Balaban J connectivity index is 2.72. The van der Waals surface area contributed by atoms with Crippen LogP contribution in [0, 0.1) is 12.7 Å². The van der Waals surface area contributed by atoms with Gasteiger partial charge in [-0.25, -0.2) is 9.18 Å². The van der Waals surface area contributed by atoms with Gasteiger partial charge in [0.2, 0.25) is 0 Å². The van der Waals surface area contributed by atoms with Crippen LogP contribution in [0.15, 0.2) is 18.2 Å². The average Bonchev–Trinajstić information content (AvgIpc) is 2.33. The van der Waals surface area contributed by atoms with E-state index in [1.165, 1.54) is 6.07 Å². The van der Waals surface area contributed by atoms with Gasteiger partial charge in [-0.2, -0.15) is 0 Å². The monoisotopic (exact) mass is 252 g/mol. The van der Waals surface area contributed by atoms with E-state index in [-0.39, 0.29) is 17.8 Å². The molecule has 0 saturated heterocycles. The molecule has 0 saturated carbocycles. The Hall–Kier alpha value is -1.58. The first kappa shape index (κ1) is 14.5. The molecule has 0 aliphatic heterocycles. The summed E-state index contributed by atoms with van der Waals surface area (Å²) in [5, 5.41) is 2.60. The Morgan fingerprint density at radius 3 is 2.78 bits per heavy atom. The summed E-state index contributed by atoms with van der Waals surface area (Å²) in [7, 11) is 1.73. The number of amides is 2. The highest BCUT2D eigenvalue weighted by molar-refractivity contribution is 5.89. The van der Waals surface area contributed by atoms with Crippen LogP contribution in [0.3, 0.4) is 0 Å². The molecule has 18 heavy (non-hydrogen) atoms. The summed E-state index contributed by atoms with van der Waals surface area (Å²) in [5.74, 6) is -0.412. The van der Waals surface area contributed by atoms with E-state index >= 15 is 0 Å². The van der Waals surface area contributed by atoms with Crippen molar-refractivity contribution in [2.75, 3.05) is 12.4 Å². The first-order valence-corrected chi connectivity index (χ1v) is 6.25. The van der Waals surface area contributed by atoms with Crippen molar-refractivity contribution in [2.24, 2.45) is 0 Å².